The summed E-state index contributed by atoms with van der Waals surface area (Å²) in [6.45, 7) is 1.93. The van der Waals surface area contributed by atoms with Crippen molar-refractivity contribution >= 4 is 0 Å². The molecule has 0 saturated heterocycles. The number of nitrogens with zero attached hydrogens (tertiary/aromatic N) is 2. The van der Waals surface area contributed by atoms with E-state index in [1.165, 1.54) is 12.3 Å². The largest absolute Gasteiger partial charge is 0.434 e. The topological polar surface area (TPSA) is 61.0 Å². The van der Waals surface area contributed by atoms with Gasteiger partial charge in [-0.3, -0.25) is 0 Å². The molecule has 2 aromatic rings. The Labute approximate surface area is 98.2 Å². The summed E-state index contributed by atoms with van der Waals surface area (Å²) in [4.78, 5) is 0. The van der Waals surface area contributed by atoms with Gasteiger partial charge in [0.15, 0.2) is 11.6 Å². The molecule has 0 spiro atoms. The standard InChI is InChI=1S/C12H12FN3O/c1-8-3-2-4-10(11(8)13)17-12-9(7-14)5-6-15-16-12/h2-6H,7,14H2,1H3. The number of ether oxygens (including phenoxy) is 1. The van der Waals surface area contributed by atoms with Gasteiger partial charge in [0, 0.05) is 12.1 Å². The molecule has 17 heavy (non-hydrogen) atoms. The SMILES string of the molecule is Cc1cccc(Oc2nnccc2CN)c1F. The number of aromatic nitrogens is 2. The van der Waals surface area contributed by atoms with E-state index in [-0.39, 0.29) is 18.2 Å². The minimum Gasteiger partial charge on any atom is -0.434 e. The highest BCUT2D eigenvalue weighted by atomic mass is 19.1. The molecular formula is C12H12FN3O. The molecule has 1 heterocycles. The van der Waals surface area contributed by atoms with Crippen molar-refractivity contribution in [1.82, 2.24) is 10.2 Å². The zero-order valence-electron chi connectivity index (χ0n) is 9.35. The van der Waals surface area contributed by atoms with E-state index in [0.29, 0.717) is 11.1 Å². The van der Waals surface area contributed by atoms with E-state index in [4.69, 9.17) is 10.5 Å². The van der Waals surface area contributed by atoms with Crippen LogP contribution in [0, 0.1) is 12.7 Å². The molecule has 5 heteroatoms. The molecule has 0 saturated carbocycles. The van der Waals surface area contributed by atoms with Crippen molar-refractivity contribution in [3.63, 3.8) is 0 Å². The number of rotatable bonds is 3. The lowest BCUT2D eigenvalue weighted by atomic mass is 10.2. The van der Waals surface area contributed by atoms with Gasteiger partial charge >= 0.3 is 0 Å². The minimum absolute atomic E-state index is 0.125. The van der Waals surface area contributed by atoms with Gasteiger partial charge in [-0.25, -0.2) is 4.39 Å². The van der Waals surface area contributed by atoms with E-state index in [1.807, 2.05) is 0 Å². The van der Waals surface area contributed by atoms with Crippen molar-refractivity contribution < 1.29 is 9.13 Å². The molecule has 0 bridgehead atoms. The fraction of sp³-hybridized carbons (Fsp3) is 0.167. The zero-order chi connectivity index (χ0) is 12.3. The van der Waals surface area contributed by atoms with E-state index in [2.05, 4.69) is 10.2 Å². The van der Waals surface area contributed by atoms with Crippen molar-refractivity contribution in [2.75, 3.05) is 0 Å². The first-order chi connectivity index (χ1) is 8.22. The van der Waals surface area contributed by atoms with Crippen LogP contribution in [0.3, 0.4) is 0 Å². The molecule has 4 nitrogen and oxygen atoms in total. The Kier molecular flexibility index (Phi) is 3.30. The van der Waals surface area contributed by atoms with Crippen LogP contribution < -0.4 is 10.5 Å². The first kappa shape index (κ1) is 11.5. The van der Waals surface area contributed by atoms with Crippen LogP contribution in [0.1, 0.15) is 11.1 Å². The monoisotopic (exact) mass is 233 g/mol. The van der Waals surface area contributed by atoms with Gasteiger partial charge in [-0.2, -0.15) is 5.10 Å². The molecule has 88 valence electrons. The van der Waals surface area contributed by atoms with Gasteiger partial charge in [-0.1, -0.05) is 12.1 Å². The maximum atomic E-state index is 13.7. The lowest BCUT2D eigenvalue weighted by molar-refractivity contribution is 0.415. The number of aryl methyl sites for hydroxylation is 1. The Bertz CT molecular complexity index is 531. The summed E-state index contributed by atoms with van der Waals surface area (Å²) in [7, 11) is 0. The Morgan fingerprint density at radius 1 is 1.35 bits per heavy atom. The number of benzene rings is 1. The maximum Gasteiger partial charge on any atom is 0.243 e. The van der Waals surface area contributed by atoms with Gasteiger partial charge in [-0.05, 0) is 24.6 Å². The van der Waals surface area contributed by atoms with E-state index in [9.17, 15) is 4.39 Å². The second-order valence-corrected chi connectivity index (χ2v) is 3.55. The first-order valence-corrected chi connectivity index (χ1v) is 5.16. The molecule has 0 aliphatic carbocycles. The van der Waals surface area contributed by atoms with E-state index >= 15 is 0 Å². The number of halogens is 1. The quantitative estimate of drug-likeness (QED) is 0.882. The van der Waals surface area contributed by atoms with Gasteiger partial charge in [-0.15, -0.1) is 5.10 Å². The van der Waals surface area contributed by atoms with Gasteiger partial charge < -0.3 is 10.5 Å². The fourth-order valence-electron chi connectivity index (χ4n) is 1.39. The van der Waals surface area contributed by atoms with Gasteiger partial charge in [0.25, 0.3) is 0 Å². The van der Waals surface area contributed by atoms with Crippen LogP contribution in [0.25, 0.3) is 0 Å². The average Bonchev–Trinajstić information content (AvgIpc) is 2.35. The summed E-state index contributed by atoms with van der Waals surface area (Å²) in [5, 5.41) is 7.49. The summed E-state index contributed by atoms with van der Waals surface area (Å²) in [6.07, 6.45) is 1.52. The fourth-order valence-corrected chi connectivity index (χ4v) is 1.39. The average molecular weight is 233 g/mol. The van der Waals surface area contributed by atoms with Gasteiger partial charge in [0.05, 0.1) is 6.20 Å². The predicted octanol–water partition coefficient (Wildman–Crippen LogP) is 2.18. The third-order valence-corrected chi connectivity index (χ3v) is 2.35. The minimum atomic E-state index is -0.402. The van der Waals surface area contributed by atoms with E-state index < -0.39 is 5.82 Å². The Balaban J connectivity index is 2.35. The zero-order valence-corrected chi connectivity index (χ0v) is 9.35. The van der Waals surface area contributed by atoms with E-state index in [0.717, 1.165) is 0 Å². The molecule has 0 aliphatic heterocycles. The van der Waals surface area contributed by atoms with Crippen LogP contribution in [0.15, 0.2) is 30.5 Å². The number of hydrogen-bond acceptors (Lipinski definition) is 4. The second kappa shape index (κ2) is 4.88. The van der Waals surface area contributed by atoms with Crippen LogP contribution >= 0.6 is 0 Å². The van der Waals surface area contributed by atoms with Gasteiger partial charge in [0.2, 0.25) is 5.88 Å². The summed E-state index contributed by atoms with van der Waals surface area (Å²) in [5.74, 6) is -0.0409. The molecule has 0 unspecified atom stereocenters. The lowest BCUT2D eigenvalue weighted by Gasteiger charge is -2.09. The lowest BCUT2D eigenvalue weighted by Crippen LogP contribution is -2.03. The molecule has 2 rings (SSSR count). The molecule has 1 aromatic heterocycles. The first-order valence-electron chi connectivity index (χ1n) is 5.16. The summed E-state index contributed by atoms with van der Waals surface area (Å²) in [5.41, 5.74) is 6.73. The molecule has 0 atom stereocenters. The maximum absolute atomic E-state index is 13.7. The molecular weight excluding hydrogens is 221 g/mol. The summed E-state index contributed by atoms with van der Waals surface area (Å²) >= 11 is 0. The van der Waals surface area contributed by atoms with Crippen molar-refractivity contribution in [1.29, 1.82) is 0 Å². The summed E-state index contributed by atoms with van der Waals surface area (Å²) < 4.78 is 19.1. The van der Waals surface area contributed by atoms with Crippen LogP contribution in [-0.2, 0) is 6.54 Å². The third-order valence-electron chi connectivity index (χ3n) is 2.35. The third kappa shape index (κ3) is 2.39. The second-order valence-electron chi connectivity index (χ2n) is 3.55. The van der Waals surface area contributed by atoms with Crippen LogP contribution in [-0.4, -0.2) is 10.2 Å². The van der Waals surface area contributed by atoms with Gasteiger partial charge in [0.1, 0.15) is 0 Å². The Hall–Kier alpha value is -2.01. The predicted molar refractivity (Wildman–Crippen MR) is 61.1 cm³/mol. The molecule has 2 N–H and O–H groups in total. The van der Waals surface area contributed by atoms with Crippen LogP contribution in [0.2, 0.25) is 0 Å². The number of hydrogen-bond donors (Lipinski definition) is 1. The van der Waals surface area contributed by atoms with Crippen LogP contribution in [0.4, 0.5) is 4.39 Å². The Morgan fingerprint density at radius 2 is 2.18 bits per heavy atom. The molecule has 0 amide bonds. The van der Waals surface area contributed by atoms with Crippen LogP contribution in [0.5, 0.6) is 11.6 Å². The highest BCUT2D eigenvalue weighted by Crippen LogP contribution is 2.26. The molecule has 0 radical (unpaired) electrons. The van der Waals surface area contributed by atoms with Crippen molar-refractivity contribution in [2.24, 2.45) is 5.73 Å². The van der Waals surface area contributed by atoms with Crippen molar-refractivity contribution in [3.05, 3.63) is 47.4 Å². The summed E-state index contributed by atoms with van der Waals surface area (Å²) in [6, 6.07) is 6.61. The van der Waals surface area contributed by atoms with Crippen molar-refractivity contribution in [2.45, 2.75) is 13.5 Å². The highest BCUT2D eigenvalue weighted by Gasteiger charge is 2.10. The molecule has 0 fully saturated rings. The molecule has 0 aliphatic rings. The highest BCUT2D eigenvalue weighted by molar-refractivity contribution is 5.35. The van der Waals surface area contributed by atoms with Crippen molar-refractivity contribution in [3.8, 4) is 11.6 Å². The molecule has 1 aromatic carbocycles. The normalized spacial score (nSPS) is 10.3. The van der Waals surface area contributed by atoms with E-state index in [1.54, 1.807) is 25.1 Å². The smallest absolute Gasteiger partial charge is 0.243 e. The number of nitrogens with two attached hydrogens (primary N) is 1. The Morgan fingerprint density at radius 3 is 2.94 bits per heavy atom.